The topological polar surface area (TPSA) is 80.8 Å². The minimum absolute atomic E-state index is 0.200. The van der Waals surface area contributed by atoms with E-state index < -0.39 is 46.9 Å². The van der Waals surface area contributed by atoms with Gasteiger partial charge in [-0.15, -0.1) is 0 Å². The summed E-state index contributed by atoms with van der Waals surface area (Å²) >= 11 is 8.26. The van der Waals surface area contributed by atoms with Gasteiger partial charge in [-0.1, -0.05) is 60.1 Å². The molecule has 2 heterocycles. The Morgan fingerprint density at radius 1 is 0.824 bits per heavy atom. The Kier molecular flexibility index (Phi) is 4.81. The van der Waals surface area contributed by atoms with Crippen molar-refractivity contribution < 1.29 is 23.9 Å². The minimum atomic E-state index is -2.09. The molecule has 1 aliphatic carbocycles. The number of anilines is 1. The molecule has 34 heavy (non-hydrogen) atoms. The molecule has 6 rings (SSSR count). The third-order valence-corrected chi connectivity index (χ3v) is 7.94. The van der Waals surface area contributed by atoms with Crippen LogP contribution in [0.1, 0.15) is 32.4 Å². The number of ether oxygens (including phenoxy) is 1. The molecule has 3 aliphatic rings. The lowest BCUT2D eigenvalue weighted by Crippen LogP contribution is -2.51. The SMILES string of the molecule is O=C1[C@@H]2[C@@H](C(=O)N1c1ccccc1I)C1(O[C@H]2c2cccc(Cl)c2)C(=O)c2ccccc2C1=O. The molecule has 1 spiro atoms. The van der Waals surface area contributed by atoms with Crippen molar-refractivity contribution in [1.29, 1.82) is 0 Å². The number of rotatable bonds is 2. The van der Waals surface area contributed by atoms with Gasteiger partial charge >= 0.3 is 0 Å². The summed E-state index contributed by atoms with van der Waals surface area (Å²) in [7, 11) is 0. The van der Waals surface area contributed by atoms with Crippen LogP contribution in [0.4, 0.5) is 5.69 Å². The second-order valence-electron chi connectivity index (χ2n) is 8.50. The third-order valence-electron chi connectivity index (χ3n) is 6.79. The molecule has 2 saturated heterocycles. The fraction of sp³-hybridized carbons (Fsp3) is 0.154. The number of carbonyl (C=O) groups is 4. The van der Waals surface area contributed by atoms with Gasteiger partial charge in [0.15, 0.2) is 0 Å². The van der Waals surface area contributed by atoms with Crippen molar-refractivity contribution in [3.63, 3.8) is 0 Å². The van der Waals surface area contributed by atoms with Gasteiger partial charge in [0.1, 0.15) is 0 Å². The lowest BCUT2D eigenvalue weighted by molar-refractivity contribution is -0.127. The molecule has 2 amide bonds. The van der Waals surface area contributed by atoms with Gasteiger partial charge in [-0.25, -0.2) is 4.90 Å². The van der Waals surface area contributed by atoms with E-state index in [-0.39, 0.29) is 11.1 Å². The summed E-state index contributed by atoms with van der Waals surface area (Å²) < 4.78 is 6.95. The second kappa shape index (κ2) is 7.56. The van der Waals surface area contributed by atoms with Crippen LogP contribution in [0.5, 0.6) is 0 Å². The van der Waals surface area contributed by atoms with Gasteiger partial charge in [-0.05, 0) is 52.4 Å². The van der Waals surface area contributed by atoms with Gasteiger partial charge in [0.25, 0.3) is 0 Å². The summed E-state index contributed by atoms with van der Waals surface area (Å²) in [5, 5.41) is 0.414. The number of nitrogens with zero attached hydrogens (tertiary/aromatic N) is 1. The number of ketones is 2. The standard InChI is InChI=1S/C26H15ClINO5/c27-14-7-5-6-13(12-14)21-19-20(25(33)29(24(19)32)18-11-4-3-10-17(18)28)26(34-21)22(30)15-8-1-2-9-16(15)23(26)31/h1-12,19-21H/t19-,20+,21+/m1/s1. The highest BCUT2D eigenvalue weighted by molar-refractivity contribution is 14.1. The molecule has 6 nitrogen and oxygen atoms in total. The van der Waals surface area contributed by atoms with Crippen LogP contribution in [-0.2, 0) is 14.3 Å². The Bertz CT molecular complexity index is 1400. The monoisotopic (exact) mass is 583 g/mol. The molecule has 2 fully saturated rings. The van der Waals surface area contributed by atoms with E-state index in [2.05, 4.69) is 22.6 Å². The van der Waals surface area contributed by atoms with E-state index in [4.69, 9.17) is 16.3 Å². The first-order valence-electron chi connectivity index (χ1n) is 10.6. The summed E-state index contributed by atoms with van der Waals surface area (Å²) in [4.78, 5) is 56.2. The molecular weight excluding hydrogens is 569 g/mol. The van der Waals surface area contributed by atoms with Crippen molar-refractivity contribution in [1.82, 2.24) is 0 Å². The number of amides is 2. The van der Waals surface area contributed by atoms with Crippen LogP contribution < -0.4 is 4.90 Å². The fourth-order valence-electron chi connectivity index (χ4n) is 5.37. The van der Waals surface area contributed by atoms with E-state index in [0.717, 1.165) is 4.90 Å². The molecule has 2 aliphatic heterocycles. The zero-order valence-corrected chi connectivity index (χ0v) is 20.3. The first kappa shape index (κ1) is 21.6. The van der Waals surface area contributed by atoms with Crippen LogP contribution in [0.3, 0.4) is 0 Å². The van der Waals surface area contributed by atoms with E-state index in [1.165, 1.54) is 0 Å². The first-order valence-corrected chi connectivity index (χ1v) is 12.1. The Balaban J connectivity index is 1.57. The predicted octanol–water partition coefficient (Wildman–Crippen LogP) is 4.64. The van der Waals surface area contributed by atoms with Gasteiger partial charge in [0, 0.05) is 19.7 Å². The number of benzene rings is 3. The molecular formula is C26H15ClINO5. The molecule has 0 bridgehead atoms. The van der Waals surface area contributed by atoms with Crippen molar-refractivity contribution in [2.75, 3.05) is 4.90 Å². The lowest BCUT2D eigenvalue weighted by Gasteiger charge is -2.27. The molecule has 8 heteroatoms. The smallest absolute Gasteiger partial charge is 0.241 e. The highest BCUT2D eigenvalue weighted by Crippen LogP contribution is 2.58. The third kappa shape index (κ3) is 2.71. The minimum Gasteiger partial charge on any atom is -0.349 e. The highest BCUT2D eigenvalue weighted by atomic mass is 127. The van der Waals surface area contributed by atoms with Gasteiger partial charge in [0.2, 0.25) is 29.0 Å². The molecule has 0 radical (unpaired) electrons. The van der Waals surface area contributed by atoms with Crippen LogP contribution in [0, 0.1) is 15.4 Å². The first-order chi connectivity index (χ1) is 16.4. The van der Waals surface area contributed by atoms with Crippen LogP contribution >= 0.6 is 34.2 Å². The molecule has 0 aromatic heterocycles. The summed E-state index contributed by atoms with van der Waals surface area (Å²) in [6, 6.07) is 20.1. The number of carbonyl (C=O) groups excluding carboxylic acids is 4. The largest absolute Gasteiger partial charge is 0.349 e. The number of fused-ring (bicyclic) bond motifs is 3. The Morgan fingerprint density at radius 3 is 2.12 bits per heavy atom. The average Bonchev–Trinajstić information content (AvgIpc) is 3.40. The normalized spacial score (nSPS) is 24.8. The zero-order valence-electron chi connectivity index (χ0n) is 17.4. The van der Waals surface area contributed by atoms with Crippen molar-refractivity contribution >= 4 is 63.3 Å². The summed E-state index contributed by atoms with van der Waals surface area (Å²) in [6.07, 6.45) is -0.992. The Labute approximate surface area is 213 Å². The predicted molar refractivity (Wildman–Crippen MR) is 132 cm³/mol. The van der Waals surface area contributed by atoms with E-state index in [9.17, 15) is 19.2 Å². The van der Waals surface area contributed by atoms with Crippen molar-refractivity contribution in [2.24, 2.45) is 11.8 Å². The van der Waals surface area contributed by atoms with Gasteiger partial charge in [-0.2, -0.15) is 0 Å². The molecule has 0 saturated carbocycles. The van der Waals surface area contributed by atoms with Gasteiger partial charge < -0.3 is 4.74 Å². The summed E-state index contributed by atoms with van der Waals surface area (Å²) in [5.74, 6) is -4.62. The summed E-state index contributed by atoms with van der Waals surface area (Å²) in [6.45, 7) is 0. The second-order valence-corrected chi connectivity index (χ2v) is 10.1. The van der Waals surface area contributed by atoms with E-state index in [1.54, 1.807) is 72.8 Å². The van der Waals surface area contributed by atoms with Crippen LogP contribution in [-0.4, -0.2) is 29.0 Å². The number of Topliss-reactive ketones (excluding diaryl/α,β-unsaturated/α-hetero) is 2. The molecule has 0 unspecified atom stereocenters. The quantitative estimate of drug-likeness (QED) is 0.250. The average molecular weight is 584 g/mol. The van der Waals surface area contributed by atoms with E-state index in [0.29, 0.717) is 19.8 Å². The molecule has 168 valence electrons. The van der Waals surface area contributed by atoms with Crippen molar-refractivity contribution in [2.45, 2.75) is 11.7 Å². The maximum absolute atomic E-state index is 13.9. The van der Waals surface area contributed by atoms with Crippen LogP contribution in [0.25, 0.3) is 0 Å². The fourth-order valence-corrected chi connectivity index (χ4v) is 6.20. The molecule has 3 atom stereocenters. The number of hydrogen-bond donors (Lipinski definition) is 0. The van der Waals surface area contributed by atoms with Crippen LogP contribution in [0.15, 0.2) is 72.8 Å². The molecule has 3 aromatic rings. The van der Waals surface area contributed by atoms with E-state index in [1.807, 2.05) is 0 Å². The van der Waals surface area contributed by atoms with Crippen LogP contribution in [0.2, 0.25) is 5.02 Å². The molecule has 0 N–H and O–H groups in total. The summed E-state index contributed by atoms with van der Waals surface area (Å²) in [5.41, 5.74) is -0.746. The highest BCUT2D eigenvalue weighted by Gasteiger charge is 2.74. The lowest BCUT2D eigenvalue weighted by atomic mass is 9.77. The van der Waals surface area contributed by atoms with Crippen molar-refractivity contribution in [3.05, 3.63) is 98.1 Å². The number of halogens is 2. The Hall–Kier alpha value is -2.88. The number of para-hydroxylation sites is 1. The maximum Gasteiger partial charge on any atom is 0.241 e. The number of hydrogen-bond acceptors (Lipinski definition) is 5. The van der Waals surface area contributed by atoms with E-state index >= 15 is 0 Å². The Morgan fingerprint density at radius 2 is 1.47 bits per heavy atom. The van der Waals surface area contributed by atoms with Gasteiger partial charge in [-0.3, -0.25) is 19.2 Å². The van der Waals surface area contributed by atoms with Crippen molar-refractivity contribution in [3.8, 4) is 0 Å². The number of imide groups is 1. The maximum atomic E-state index is 13.9. The van der Waals surface area contributed by atoms with Gasteiger partial charge in [0.05, 0.1) is 23.6 Å². The molecule has 3 aromatic carbocycles. The zero-order chi connectivity index (χ0) is 23.8.